The first-order valence-electron chi connectivity index (χ1n) is 6.90. The molecule has 21 heavy (non-hydrogen) atoms. The minimum atomic E-state index is -1.02. The Hall–Kier alpha value is -2.57. The van der Waals surface area contributed by atoms with E-state index >= 15 is 0 Å². The summed E-state index contributed by atoms with van der Waals surface area (Å²) < 4.78 is 1.25. The van der Waals surface area contributed by atoms with Crippen molar-refractivity contribution in [3.05, 3.63) is 40.8 Å². The molecule has 0 saturated carbocycles. The number of benzene rings is 1. The summed E-state index contributed by atoms with van der Waals surface area (Å²) in [5, 5.41) is 13.5. The molecule has 2 N–H and O–H groups in total. The summed E-state index contributed by atoms with van der Waals surface area (Å²) in [6.07, 6.45) is 0.751. The van der Waals surface area contributed by atoms with Crippen LogP contribution in [0.5, 0.6) is 0 Å². The van der Waals surface area contributed by atoms with E-state index in [0.717, 1.165) is 18.4 Å². The van der Waals surface area contributed by atoms with Gasteiger partial charge in [-0.25, -0.2) is 9.59 Å². The van der Waals surface area contributed by atoms with E-state index in [9.17, 15) is 14.7 Å². The molecule has 1 saturated heterocycles. The maximum Gasteiger partial charge on any atom is 0.409 e. The van der Waals surface area contributed by atoms with Gasteiger partial charge in [0, 0.05) is 12.1 Å². The van der Waals surface area contributed by atoms with Gasteiger partial charge < -0.3 is 5.11 Å². The van der Waals surface area contributed by atoms with Gasteiger partial charge in [-0.2, -0.15) is 4.68 Å². The number of likely N-dealkylation sites (tertiary alicyclic amines) is 1. The van der Waals surface area contributed by atoms with Crippen LogP contribution in [0.2, 0.25) is 0 Å². The predicted molar refractivity (Wildman–Crippen MR) is 75.9 cm³/mol. The van der Waals surface area contributed by atoms with E-state index in [4.69, 9.17) is 0 Å². The highest BCUT2D eigenvalue weighted by atomic mass is 16.4. The lowest BCUT2D eigenvalue weighted by Gasteiger charge is -2.32. The van der Waals surface area contributed by atoms with E-state index in [1.165, 1.54) is 9.58 Å². The number of hydrogen-bond donors (Lipinski definition) is 2. The average Bonchev–Trinajstić information content (AvgIpc) is 2.90. The lowest BCUT2D eigenvalue weighted by molar-refractivity contribution is 0.0715. The van der Waals surface area contributed by atoms with Gasteiger partial charge in [0.15, 0.2) is 5.82 Å². The van der Waals surface area contributed by atoms with Crippen molar-refractivity contribution in [1.29, 1.82) is 0 Å². The largest absolute Gasteiger partial charge is 0.465 e. The maximum absolute atomic E-state index is 12.1. The van der Waals surface area contributed by atoms with E-state index in [-0.39, 0.29) is 5.69 Å². The third-order valence-electron chi connectivity index (χ3n) is 3.69. The highest BCUT2D eigenvalue weighted by Crippen LogP contribution is 2.25. The van der Waals surface area contributed by atoms with Crippen molar-refractivity contribution in [2.24, 2.45) is 0 Å². The molecule has 1 unspecified atom stereocenters. The number of carboxylic acid groups (broad SMARTS) is 1. The molecule has 0 aliphatic carbocycles. The molecule has 7 nitrogen and oxygen atoms in total. The van der Waals surface area contributed by atoms with Gasteiger partial charge in [0.25, 0.3) is 0 Å². The van der Waals surface area contributed by atoms with Crippen molar-refractivity contribution in [1.82, 2.24) is 19.7 Å². The Kier molecular flexibility index (Phi) is 3.47. The first-order chi connectivity index (χ1) is 10.2. The highest BCUT2D eigenvalue weighted by Gasteiger charge is 2.30. The van der Waals surface area contributed by atoms with Crippen LogP contribution < -0.4 is 5.69 Å². The fourth-order valence-corrected chi connectivity index (χ4v) is 2.66. The minimum absolute atomic E-state index is 0.382. The molecule has 110 valence electrons. The zero-order chi connectivity index (χ0) is 14.8. The zero-order valence-corrected chi connectivity index (χ0v) is 11.4. The number of nitrogens with one attached hydrogen (secondary N) is 1. The quantitative estimate of drug-likeness (QED) is 0.883. The lowest BCUT2D eigenvalue weighted by atomic mass is 10.1. The molecule has 1 atom stereocenters. The van der Waals surface area contributed by atoms with Gasteiger partial charge in [0.1, 0.15) is 6.17 Å². The van der Waals surface area contributed by atoms with Gasteiger partial charge in [-0.15, -0.1) is 5.10 Å². The van der Waals surface area contributed by atoms with Crippen LogP contribution in [0.25, 0.3) is 11.4 Å². The maximum atomic E-state index is 12.1. The summed E-state index contributed by atoms with van der Waals surface area (Å²) >= 11 is 0. The first-order valence-corrected chi connectivity index (χ1v) is 6.90. The van der Waals surface area contributed by atoms with Gasteiger partial charge in [0.2, 0.25) is 0 Å². The third-order valence-corrected chi connectivity index (χ3v) is 3.69. The smallest absolute Gasteiger partial charge is 0.409 e. The summed E-state index contributed by atoms with van der Waals surface area (Å²) in [5.41, 5.74) is 0.415. The normalized spacial score (nSPS) is 18.7. The number of amides is 1. The second kappa shape index (κ2) is 5.43. The van der Waals surface area contributed by atoms with Crippen LogP contribution in [0.15, 0.2) is 35.1 Å². The van der Waals surface area contributed by atoms with Crippen molar-refractivity contribution in [3.63, 3.8) is 0 Å². The van der Waals surface area contributed by atoms with E-state index in [0.29, 0.717) is 18.8 Å². The monoisotopic (exact) mass is 288 g/mol. The van der Waals surface area contributed by atoms with Gasteiger partial charge in [-0.3, -0.25) is 9.88 Å². The Morgan fingerprint density at radius 1 is 1.29 bits per heavy atom. The number of carbonyl (C=O) groups is 1. The van der Waals surface area contributed by atoms with Crippen molar-refractivity contribution in [2.45, 2.75) is 25.4 Å². The minimum Gasteiger partial charge on any atom is -0.465 e. The Morgan fingerprint density at radius 2 is 2.05 bits per heavy atom. The summed E-state index contributed by atoms with van der Waals surface area (Å²) in [6, 6.07) is 9.29. The molecule has 3 rings (SSSR count). The molecule has 2 aromatic rings. The lowest BCUT2D eigenvalue weighted by Crippen LogP contribution is -2.43. The van der Waals surface area contributed by atoms with Crippen molar-refractivity contribution < 1.29 is 9.90 Å². The van der Waals surface area contributed by atoms with Crippen LogP contribution >= 0.6 is 0 Å². The first kappa shape index (κ1) is 13.4. The number of rotatable bonds is 2. The molecular weight excluding hydrogens is 272 g/mol. The highest BCUT2D eigenvalue weighted by molar-refractivity contribution is 5.65. The average molecular weight is 288 g/mol. The van der Waals surface area contributed by atoms with E-state index in [2.05, 4.69) is 10.1 Å². The van der Waals surface area contributed by atoms with Gasteiger partial charge in [-0.1, -0.05) is 30.3 Å². The van der Waals surface area contributed by atoms with Crippen LogP contribution in [-0.2, 0) is 0 Å². The van der Waals surface area contributed by atoms with Gasteiger partial charge >= 0.3 is 11.8 Å². The van der Waals surface area contributed by atoms with E-state index in [1.807, 2.05) is 30.3 Å². The number of nitrogens with zero attached hydrogens (tertiary/aromatic N) is 3. The molecule has 1 aliphatic heterocycles. The van der Waals surface area contributed by atoms with Crippen molar-refractivity contribution in [2.75, 3.05) is 6.54 Å². The Balaban J connectivity index is 1.97. The van der Waals surface area contributed by atoms with E-state index < -0.39 is 12.3 Å². The second-order valence-corrected chi connectivity index (χ2v) is 5.04. The summed E-state index contributed by atoms with van der Waals surface area (Å²) in [4.78, 5) is 27.4. The second-order valence-electron chi connectivity index (χ2n) is 5.04. The molecule has 0 radical (unpaired) electrons. The molecule has 1 amide bonds. The van der Waals surface area contributed by atoms with Crippen LogP contribution in [0.4, 0.5) is 4.79 Å². The Bertz CT molecular complexity index is 692. The Labute approximate surface area is 120 Å². The SMILES string of the molecule is O=C(O)N1CCCCC1n1nc(-c2ccccc2)[nH]c1=O. The standard InChI is InChI=1S/C14H16N4O3/c19-13-15-12(10-6-2-1-3-7-10)16-18(13)11-8-4-5-9-17(11)14(20)21/h1-3,6-7,11H,4-5,8-9H2,(H,20,21)(H,15,16,19). The number of piperidine rings is 1. The summed E-state index contributed by atoms with van der Waals surface area (Å²) in [5.74, 6) is 0.455. The topological polar surface area (TPSA) is 91.2 Å². The fraction of sp³-hybridized carbons (Fsp3) is 0.357. The van der Waals surface area contributed by atoms with Crippen LogP contribution in [0.3, 0.4) is 0 Å². The third kappa shape index (κ3) is 2.54. The predicted octanol–water partition coefficient (Wildman–Crippen LogP) is 1.90. The molecule has 1 aromatic carbocycles. The number of aromatic nitrogens is 3. The molecule has 1 fully saturated rings. The van der Waals surface area contributed by atoms with Gasteiger partial charge in [0.05, 0.1) is 0 Å². The molecule has 7 heteroatoms. The van der Waals surface area contributed by atoms with Crippen LogP contribution in [-0.4, -0.2) is 37.4 Å². The molecule has 1 aromatic heterocycles. The Morgan fingerprint density at radius 3 is 2.76 bits per heavy atom. The zero-order valence-electron chi connectivity index (χ0n) is 11.4. The van der Waals surface area contributed by atoms with Gasteiger partial charge in [-0.05, 0) is 19.3 Å². The number of hydrogen-bond acceptors (Lipinski definition) is 3. The number of aromatic amines is 1. The molecule has 2 heterocycles. The molecule has 1 aliphatic rings. The van der Waals surface area contributed by atoms with Crippen LogP contribution in [0, 0.1) is 0 Å². The molecule has 0 bridgehead atoms. The fourth-order valence-electron chi connectivity index (χ4n) is 2.66. The summed E-state index contributed by atoms with van der Waals surface area (Å²) in [6.45, 7) is 0.431. The summed E-state index contributed by atoms with van der Waals surface area (Å²) in [7, 11) is 0. The number of H-pyrrole nitrogens is 1. The van der Waals surface area contributed by atoms with Crippen molar-refractivity contribution in [3.8, 4) is 11.4 Å². The van der Waals surface area contributed by atoms with Crippen molar-refractivity contribution >= 4 is 6.09 Å². The van der Waals surface area contributed by atoms with Crippen LogP contribution in [0.1, 0.15) is 25.4 Å². The molecular formula is C14H16N4O3. The van der Waals surface area contributed by atoms with E-state index in [1.54, 1.807) is 0 Å². The molecule has 0 spiro atoms.